The molecule has 11 heteroatoms. The van der Waals surface area contributed by atoms with Crippen molar-refractivity contribution in [2.45, 2.75) is 49.9 Å². The number of phenols is 1. The molecule has 3 amide bonds. The van der Waals surface area contributed by atoms with Gasteiger partial charge < -0.3 is 36.9 Å². The Labute approximate surface area is 283 Å². The van der Waals surface area contributed by atoms with Gasteiger partial charge in [0.25, 0.3) is 0 Å². The van der Waals surface area contributed by atoms with Crippen molar-refractivity contribution in [1.82, 2.24) is 20.9 Å². The molecule has 1 aromatic heterocycles. The van der Waals surface area contributed by atoms with E-state index in [4.69, 9.17) is 5.73 Å². The van der Waals surface area contributed by atoms with Crippen LogP contribution in [0.3, 0.4) is 0 Å². The number of aromatic nitrogens is 1. The monoisotopic (exact) mass is 661 g/mol. The average Bonchev–Trinajstić information content (AvgIpc) is 3.51. The van der Waals surface area contributed by atoms with Crippen LogP contribution in [0.2, 0.25) is 0 Å². The number of para-hydroxylation sites is 1. The molecule has 4 aromatic carbocycles. The highest BCUT2D eigenvalue weighted by Crippen LogP contribution is 2.20. The van der Waals surface area contributed by atoms with Crippen LogP contribution in [-0.4, -0.2) is 63.1 Å². The molecule has 0 saturated heterocycles. The molecular formula is C38H39N5O6. The zero-order chi connectivity index (χ0) is 34.8. The minimum Gasteiger partial charge on any atom is -0.508 e. The average molecular weight is 662 g/mol. The maximum absolute atomic E-state index is 14.1. The molecule has 0 aliphatic carbocycles. The number of aromatic amines is 1. The molecule has 11 nitrogen and oxygen atoms in total. The predicted octanol–water partition coefficient (Wildman–Crippen LogP) is 3.01. The van der Waals surface area contributed by atoms with E-state index >= 15 is 0 Å². The van der Waals surface area contributed by atoms with Crippen molar-refractivity contribution in [3.8, 4) is 5.75 Å². The van der Waals surface area contributed by atoms with Crippen LogP contribution in [0.25, 0.3) is 10.9 Å². The molecule has 0 aliphatic rings. The van der Waals surface area contributed by atoms with E-state index in [1.165, 1.54) is 12.1 Å². The smallest absolute Gasteiger partial charge is 0.326 e. The van der Waals surface area contributed by atoms with Crippen LogP contribution >= 0.6 is 0 Å². The third kappa shape index (κ3) is 9.55. The number of carboxylic acid groups (broad SMARTS) is 1. The minimum atomic E-state index is -1.31. The molecule has 0 saturated carbocycles. The topological polar surface area (TPSA) is 187 Å². The summed E-state index contributed by atoms with van der Waals surface area (Å²) >= 11 is 0. The van der Waals surface area contributed by atoms with E-state index in [0.717, 1.165) is 27.6 Å². The molecule has 5 rings (SSSR count). The number of phenolic OH excluding ortho intramolecular Hbond substituents is 1. The number of benzene rings is 4. The number of carbonyl (C=O) groups is 4. The zero-order valence-electron chi connectivity index (χ0n) is 26.7. The highest BCUT2D eigenvalue weighted by molar-refractivity contribution is 5.95. The van der Waals surface area contributed by atoms with E-state index < -0.39 is 47.9 Å². The normalized spacial score (nSPS) is 13.5. The van der Waals surface area contributed by atoms with Gasteiger partial charge in [-0.2, -0.15) is 0 Å². The molecule has 252 valence electrons. The van der Waals surface area contributed by atoms with Crippen LogP contribution in [0.1, 0.15) is 22.3 Å². The lowest BCUT2D eigenvalue weighted by atomic mass is 10.0. The van der Waals surface area contributed by atoms with Crippen molar-refractivity contribution in [1.29, 1.82) is 0 Å². The number of rotatable bonds is 15. The predicted molar refractivity (Wildman–Crippen MR) is 186 cm³/mol. The van der Waals surface area contributed by atoms with Gasteiger partial charge in [0.2, 0.25) is 17.7 Å². The van der Waals surface area contributed by atoms with Crippen LogP contribution in [0.5, 0.6) is 5.75 Å². The number of nitrogens with one attached hydrogen (secondary N) is 4. The van der Waals surface area contributed by atoms with Crippen LogP contribution in [0.4, 0.5) is 0 Å². The summed E-state index contributed by atoms with van der Waals surface area (Å²) in [5, 5.41) is 28.6. The Hall–Kier alpha value is -5.94. The number of H-pyrrole nitrogens is 1. The third-order valence-electron chi connectivity index (χ3n) is 8.27. The fourth-order valence-corrected chi connectivity index (χ4v) is 5.64. The second kappa shape index (κ2) is 16.2. The highest BCUT2D eigenvalue weighted by atomic mass is 16.4. The number of nitrogens with two attached hydrogens (primary N) is 1. The number of fused-ring (bicyclic) bond motifs is 1. The van der Waals surface area contributed by atoms with Gasteiger partial charge in [-0.25, -0.2) is 4.79 Å². The maximum Gasteiger partial charge on any atom is 0.326 e. The Morgan fingerprint density at radius 3 is 1.71 bits per heavy atom. The quantitative estimate of drug-likeness (QED) is 0.0899. The Bertz CT molecular complexity index is 1880. The Balaban J connectivity index is 1.38. The minimum absolute atomic E-state index is 0.0283. The van der Waals surface area contributed by atoms with Crippen LogP contribution < -0.4 is 21.7 Å². The Morgan fingerprint density at radius 2 is 1.08 bits per heavy atom. The van der Waals surface area contributed by atoms with E-state index in [9.17, 15) is 29.4 Å². The van der Waals surface area contributed by atoms with Gasteiger partial charge in [-0.15, -0.1) is 0 Å². The summed E-state index contributed by atoms with van der Waals surface area (Å²) < 4.78 is 0. The molecule has 8 N–H and O–H groups in total. The summed E-state index contributed by atoms with van der Waals surface area (Å²) in [6, 6.07) is 27.3. The number of aromatic hydroxyl groups is 1. The summed E-state index contributed by atoms with van der Waals surface area (Å²) in [6.07, 6.45) is 2.13. The summed E-state index contributed by atoms with van der Waals surface area (Å²) in [7, 11) is 0. The van der Waals surface area contributed by atoms with Gasteiger partial charge in [0.1, 0.15) is 23.9 Å². The first-order valence-corrected chi connectivity index (χ1v) is 16.0. The summed E-state index contributed by atoms with van der Waals surface area (Å²) in [5.41, 5.74) is 10.1. The molecular weight excluding hydrogens is 622 g/mol. The van der Waals surface area contributed by atoms with Gasteiger partial charge in [-0.1, -0.05) is 91.0 Å². The molecule has 0 fully saturated rings. The highest BCUT2D eigenvalue weighted by Gasteiger charge is 2.31. The fourth-order valence-electron chi connectivity index (χ4n) is 5.64. The number of carbonyl (C=O) groups excluding carboxylic acids is 3. The van der Waals surface area contributed by atoms with Crippen LogP contribution in [0, 0.1) is 0 Å². The van der Waals surface area contributed by atoms with Gasteiger partial charge in [0.15, 0.2) is 0 Å². The maximum atomic E-state index is 14.1. The lowest BCUT2D eigenvalue weighted by Gasteiger charge is -2.25. The second-order valence-corrected chi connectivity index (χ2v) is 11.9. The number of carboxylic acids is 1. The number of amides is 3. The van der Waals surface area contributed by atoms with E-state index in [-0.39, 0.29) is 31.4 Å². The molecule has 4 atom stereocenters. The van der Waals surface area contributed by atoms with E-state index in [0.29, 0.717) is 5.56 Å². The number of hydrogen-bond acceptors (Lipinski definition) is 6. The largest absolute Gasteiger partial charge is 0.508 e. The lowest BCUT2D eigenvalue weighted by molar-refractivity contribution is -0.142. The first-order chi connectivity index (χ1) is 23.7. The molecule has 0 radical (unpaired) electrons. The van der Waals surface area contributed by atoms with Crippen molar-refractivity contribution >= 4 is 34.6 Å². The molecule has 4 unspecified atom stereocenters. The summed E-state index contributed by atoms with van der Waals surface area (Å²) in [4.78, 5) is 56.6. The molecule has 49 heavy (non-hydrogen) atoms. The molecule has 0 aliphatic heterocycles. The first-order valence-electron chi connectivity index (χ1n) is 16.0. The van der Waals surface area contributed by atoms with Crippen molar-refractivity contribution in [3.63, 3.8) is 0 Å². The lowest BCUT2D eigenvalue weighted by Crippen LogP contribution is -2.58. The molecule has 5 aromatic rings. The molecule has 0 spiro atoms. The van der Waals surface area contributed by atoms with Crippen LogP contribution in [-0.2, 0) is 44.9 Å². The number of aliphatic carboxylic acids is 1. The van der Waals surface area contributed by atoms with Gasteiger partial charge in [0.05, 0.1) is 6.04 Å². The van der Waals surface area contributed by atoms with E-state index in [1.54, 1.807) is 42.6 Å². The van der Waals surface area contributed by atoms with E-state index in [1.807, 2.05) is 60.7 Å². The fraction of sp³-hybridized carbons (Fsp3) is 0.211. The Kier molecular flexibility index (Phi) is 11.4. The van der Waals surface area contributed by atoms with Gasteiger partial charge in [-0.05, 0) is 46.9 Å². The molecule has 1 heterocycles. The SMILES string of the molecule is NC(Cc1ccccc1)C(=O)NC(Cc1c[nH]c2ccccc12)C(=O)NC(Cc1ccccc1)C(=O)NC(Cc1ccc(O)cc1)C(=O)O. The number of hydrogen-bond donors (Lipinski definition) is 7. The Morgan fingerprint density at radius 1 is 0.592 bits per heavy atom. The summed E-state index contributed by atoms with van der Waals surface area (Å²) in [5.74, 6) is -3.11. The van der Waals surface area contributed by atoms with E-state index in [2.05, 4.69) is 20.9 Å². The second-order valence-electron chi connectivity index (χ2n) is 11.9. The zero-order valence-corrected chi connectivity index (χ0v) is 26.7. The van der Waals surface area contributed by atoms with Gasteiger partial charge in [-0.3, -0.25) is 14.4 Å². The standard InChI is InChI=1S/C38H39N5O6/c39-30(19-24-9-3-1-4-10-24)35(45)41-33(22-27-23-40-31-14-8-7-13-29(27)31)37(47)42-32(20-25-11-5-2-6-12-25)36(46)43-34(38(48)49)21-26-15-17-28(44)18-16-26/h1-18,23,30,32-34,40,44H,19-22,39H2,(H,41,45)(H,42,47)(H,43,46)(H,48,49). The summed E-state index contributed by atoms with van der Waals surface area (Å²) in [6.45, 7) is 0. The van der Waals surface area contributed by atoms with Crippen LogP contribution in [0.15, 0.2) is 115 Å². The molecule has 0 bridgehead atoms. The first kappa shape index (κ1) is 34.4. The van der Waals surface area contributed by atoms with Crippen molar-refractivity contribution in [3.05, 3.63) is 138 Å². The van der Waals surface area contributed by atoms with Gasteiger partial charge >= 0.3 is 5.97 Å². The van der Waals surface area contributed by atoms with Crippen molar-refractivity contribution in [2.24, 2.45) is 5.73 Å². The third-order valence-corrected chi connectivity index (χ3v) is 8.27. The van der Waals surface area contributed by atoms with Crippen molar-refractivity contribution in [2.75, 3.05) is 0 Å². The van der Waals surface area contributed by atoms with Crippen molar-refractivity contribution < 1.29 is 29.4 Å². The van der Waals surface area contributed by atoms with Gasteiger partial charge in [0, 0.05) is 36.4 Å².